The van der Waals surface area contributed by atoms with Crippen molar-refractivity contribution in [3.63, 3.8) is 0 Å². The molecule has 1 saturated heterocycles. The third kappa shape index (κ3) is 3.15. The van der Waals surface area contributed by atoms with E-state index in [0.29, 0.717) is 12.3 Å². The highest BCUT2D eigenvalue weighted by atomic mass is 19.4. The molecule has 1 aromatic rings. The van der Waals surface area contributed by atoms with Gasteiger partial charge in [0, 0.05) is 18.7 Å². The summed E-state index contributed by atoms with van der Waals surface area (Å²) in [5, 5.41) is 7.80. The molecule has 1 N–H and O–H groups in total. The smallest absolute Gasteiger partial charge is 0.406 e. The van der Waals surface area contributed by atoms with Gasteiger partial charge in [0.25, 0.3) is 0 Å². The topological polar surface area (TPSA) is 36.3 Å². The maximum atomic E-state index is 12.0. The van der Waals surface area contributed by atoms with Gasteiger partial charge < -0.3 is 9.64 Å². The van der Waals surface area contributed by atoms with Crippen molar-refractivity contribution in [2.24, 2.45) is 0 Å². The maximum Gasteiger partial charge on any atom is 0.573 e. The second kappa shape index (κ2) is 4.88. The number of hydrogen-bond donors (Lipinski definition) is 1. The number of halogens is 3. The van der Waals surface area contributed by atoms with Gasteiger partial charge in [0.05, 0.1) is 0 Å². The zero-order valence-corrected chi connectivity index (χ0v) is 9.63. The van der Waals surface area contributed by atoms with Crippen LogP contribution < -0.4 is 9.64 Å². The average Bonchev–Trinajstić information content (AvgIpc) is 2.29. The molecule has 1 aliphatic heterocycles. The number of benzene rings is 1. The number of ether oxygens (including phenoxy) is 1. The number of amidine groups is 1. The highest BCUT2D eigenvalue weighted by molar-refractivity contribution is 5.96. The van der Waals surface area contributed by atoms with E-state index in [1.165, 1.54) is 12.1 Å². The van der Waals surface area contributed by atoms with Gasteiger partial charge in [-0.25, -0.2) is 0 Å². The maximum absolute atomic E-state index is 12.0. The fourth-order valence-corrected chi connectivity index (χ4v) is 1.94. The second-order valence-corrected chi connectivity index (χ2v) is 4.10. The molecule has 2 rings (SSSR count). The summed E-state index contributed by atoms with van der Waals surface area (Å²) in [7, 11) is 0. The summed E-state index contributed by atoms with van der Waals surface area (Å²) in [5.74, 6) is 0.264. The zero-order valence-electron chi connectivity index (χ0n) is 9.63. The molecule has 0 unspecified atom stereocenters. The van der Waals surface area contributed by atoms with E-state index >= 15 is 0 Å². The van der Waals surface area contributed by atoms with Crippen molar-refractivity contribution in [2.75, 3.05) is 11.4 Å². The third-order valence-electron chi connectivity index (χ3n) is 2.75. The van der Waals surface area contributed by atoms with Gasteiger partial charge in [-0.15, -0.1) is 13.2 Å². The Hall–Kier alpha value is -1.72. The van der Waals surface area contributed by atoms with Crippen molar-refractivity contribution in [3.05, 3.63) is 24.3 Å². The molecule has 0 saturated carbocycles. The van der Waals surface area contributed by atoms with Crippen LogP contribution in [0.1, 0.15) is 19.3 Å². The Kier molecular flexibility index (Phi) is 3.45. The summed E-state index contributed by atoms with van der Waals surface area (Å²) in [6.45, 7) is 0.734. The largest absolute Gasteiger partial charge is 0.573 e. The summed E-state index contributed by atoms with van der Waals surface area (Å²) in [6.07, 6.45) is -1.98. The van der Waals surface area contributed by atoms with Gasteiger partial charge in [0.15, 0.2) is 0 Å². The van der Waals surface area contributed by atoms with E-state index in [1.54, 1.807) is 17.0 Å². The van der Waals surface area contributed by atoms with Crippen LogP contribution in [-0.2, 0) is 0 Å². The number of rotatable bonds is 2. The van der Waals surface area contributed by atoms with Gasteiger partial charge >= 0.3 is 6.36 Å². The van der Waals surface area contributed by atoms with Crippen molar-refractivity contribution >= 4 is 11.5 Å². The predicted molar refractivity (Wildman–Crippen MR) is 62.0 cm³/mol. The molecule has 0 amide bonds. The van der Waals surface area contributed by atoms with E-state index in [9.17, 15) is 13.2 Å². The van der Waals surface area contributed by atoms with Crippen LogP contribution in [0.25, 0.3) is 0 Å². The fraction of sp³-hybridized carbons (Fsp3) is 0.417. The number of anilines is 1. The Morgan fingerprint density at radius 3 is 2.33 bits per heavy atom. The Labute approximate surface area is 103 Å². The van der Waals surface area contributed by atoms with Crippen LogP contribution in [0.5, 0.6) is 5.75 Å². The Bertz CT molecular complexity index is 428. The van der Waals surface area contributed by atoms with Crippen molar-refractivity contribution in [1.29, 1.82) is 5.41 Å². The van der Waals surface area contributed by atoms with Crippen LogP contribution in [0.2, 0.25) is 0 Å². The van der Waals surface area contributed by atoms with E-state index < -0.39 is 6.36 Å². The molecule has 1 heterocycles. The minimum Gasteiger partial charge on any atom is -0.406 e. The summed E-state index contributed by atoms with van der Waals surface area (Å²) in [4.78, 5) is 1.81. The van der Waals surface area contributed by atoms with Gasteiger partial charge in [-0.1, -0.05) is 0 Å². The molecule has 1 aromatic carbocycles. The van der Waals surface area contributed by atoms with Crippen LogP contribution in [0.15, 0.2) is 24.3 Å². The lowest BCUT2D eigenvalue weighted by atomic mass is 10.1. The van der Waals surface area contributed by atoms with Gasteiger partial charge in [0.1, 0.15) is 11.6 Å². The van der Waals surface area contributed by atoms with Gasteiger partial charge in [-0.3, -0.25) is 5.41 Å². The third-order valence-corrected chi connectivity index (χ3v) is 2.75. The van der Waals surface area contributed by atoms with Gasteiger partial charge in [0.2, 0.25) is 0 Å². The van der Waals surface area contributed by atoms with Crippen LogP contribution in [-0.4, -0.2) is 18.7 Å². The first-order valence-electron chi connectivity index (χ1n) is 5.66. The SMILES string of the molecule is N=C1CCCCN1c1ccc(OC(F)(F)F)cc1. The predicted octanol–water partition coefficient (Wildman–Crippen LogP) is 3.55. The van der Waals surface area contributed by atoms with Crippen molar-refractivity contribution in [1.82, 2.24) is 0 Å². The second-order valence-electron chi connectivity index (χ2n) is 4.10. The highest BCUT2D eigenvalue weighted by Crippen LogP contribution is 2.27. The number of alkyl halides is 3. The summed E-state index contributed by atoms with van der Waals surface area (Å²) >= 11 is 0. The monoisotopic (exact) mass is 258 g/mol. The zero-order chi connectivity index (χ0) is 13.2. The van der Waals surface area contributed by atoms with Crippen LogP contribution >= 0.6 is 0 Å². The Morgan fingerprint density at radius 2 is 1.78 bits per heavy atom. The van der Waals surface area contributed by atoms with Crippen molar-refractivity contribution < 1.29 is 17.9 Å². The van der Waals surface area contributed by atoms with Gasteiger partial charge in [-0.2, -0.15) is 0 Å². The van der Waals surface area contributed by atoms with Gasteiger partial charge in [-0.05, 0) is 37.1 Å². The molecule has 0 bridgehead atoms. The van der Waals surface area contributed by atoms with Crippen LogP contribution in [0, 0.1) is 5.41 Å². The first kappa shape index (κ1) is 12.7. The first-order chi connectivity index (χ1) is 8.46. The molecule has 98 valence electrons. The Balaban J connectivity index is 2.09. The minimum absolute atomic E-state index is 0.241. The number of hydrogen-bond acceptors (Lipinski definition) is 2. The van der Waals surface area contributed by atoms with Crippen molar-refractivity contribution in [2.45, 2.75) is 25.6 Å². The van der Waals surface area contributed by atoms with E-state index in [0.717, 1.165) is 25.1 Å². The molecule has 6 heteroatoms. The molecular weight excluding hydrogens is 245 g/mol. The molecule has 0 spiro atoms. The molecule has 1 aliphatic rings. The van der Waals surface area contributed by atoms with E-state index in [1.807, 2.05) is 0 Å². The highest BCUT2D eigenvalue weighted by Gasteiger charge is 2.31. The lowest BCUT2D eigenvalue weighted by molar-refractivity contribution is -0.274. The molecule has 3 nitrogen and oxygen atoms in total. The normalized spacial score (nSPS) is 16.8. The van der Waals surface area contributed by atoms with E-state index in [4.69, 9.17) is 5.41 Å². The fourth-order valence-electron chi connectivity index (χ4n) is 1.94. The molecule has 0 aliphatic carbocycles. The standard InChI is InChI=1S/C12H13F3N2O/c13-12(14,15)18-10-6-4-9(5-7-10)17-8-2-1-3-11(17)16/h4-7,16H,1-3,8H2. The molecule has 0 aromatic heterocycles. The Morgan fingerprint density at radius 1 is 1.11 bits per heavy atom. The van der Waals surface area contributed by atoms with Crippen molar-refractivity contribution in [3.8, 4) is 5.75 Å². The minimum atomic E-state index is -4.67. The molecule has 0 radical (unpaired) electrons. The quantitative estimate of drug-likeness (QED) is 0.880. The number of nitrogens with zero attached hydrogens (tertiary/aromatic N) is 1. The molecule has 18 heavy (non-hydrogen) atoms. The first-order valence-corrected chi connectivity index (χ1v) is 5.66. The summed E-state index contributed by atoms with van der Waals surface area (Å²) in [5.41, 5.74) is 0.731. The van der Waals surface area contributed by atoms with E-state index in [2.05, 4.69) is 4.74 Å². The lowest BCUT2D eigenvalue weighted by Crippen LogP contribution is -2.34. The molecule has 1 fully saturated rings. The molecular formula is C12H13F3N2O. The van der Waals surface area contributed by atoms with Crippen LogP contribution in [0.4, 0.5) is 18.9 Å². The number of nitrogens with one attached hydrogen (secondary N) is 1. The summed E-state index contributed by atoms with van der Waals surface area (Å²) in [6, 6.07) is 5.62. The lowest BCUT2D eigenvalue weighted by Gasteiger charge is -2.29. The average molecular weight is 258 g/mol. The van der Waals surface area contributed by atoms with Crippen LogP contribution in [0.3, 0.4) is 0 Å². The van der Waals surface area contributed by atoms with E-state index in [-0.39, 0.29) is 5.75 Å². The summed E-state index contributed by atoms with van der Waals surface area (Å²) < 4.78 is 39.8. The molecule has 0 atom stereocenters. The number of piperidine rings is 1.